The van der Waals surface area contributed by atoms with Gasteiger partial charge in [-0.15, -0.1) is 0 Å². The molecule has 8 heteroatoms. The second kappa shape index (κ2) is 7.30. The van der Waals surface area contributed by atoms with Crippen LogP contribution in [-0.2, 0) is 7.05 Å². The molecule has 0 radical (unpaired) electrons. The van der Waals surface area contributed by atoms with Gasteiger partial charge in [0.1, 0.15) is 0 Å². The zero-order chi connectivity index (χ0) is 21.8. The van der Waals surface area contributed by atoms with E-state index in [0.717, 1.165) is 36.3 Å². The third-order valence-corrected chi connectivity index (χ3v) is 6.77. The van der Waals surface area contributed by atoms with Gasteiger partial charge in [-0.05, 0) is 39.9 Å². The van der Waals surface area contributed by atoms with Crippen molar-refractivity contribution in [3.8, 4) is 11.4 Å². The number of carbonyl (C=O) groups excluding carboxylic acids is 1. The Morgan fingerprint density at radius 1 is 1.23 bits per heavy atom. The maximum atomic E-state index is 13.3. The highest BCUT2D eigenvalue weighted by atomic mass is 16.5. The van der Waals surface area contributed by atoms with Crippen molar-refractivity contribution in [1.29, 1.82) is 0 Å². The van der Waals surface area contributed by atoms with Gasteiger partial charge < -0.3 is 14.3 Å². The Morgan fingerprint density at radius 3 is 2.74 bits per heavy atom. The third kappa shape index (κ3) is 3.44. The van der Waals surface area contributed by atoms with E-state index in [2.05, 4.69) is 41.3 Å². The number of likely N-dealkylation sites (tertiary alicyclic amines) is 2. The van der Waals surface area contributed by atoms with Gasteiger partial charge >= 0.3 is 0 Å². The van der Waals surface area contributed by atoms with Gasteiger partial charge in [0.15, 0.2) is 0 Å². The van der Waals surface area contributed by atoms with E-state index in [9.17, 15) is 4.79 Å². The minimum atomic E-state index is -0.0725. The lowest BCUT2D eigenvalue weighted by molar-refractivity contribution is 0.0773. The molecule has 0 unspecified atom stereocenters. The molecule has 2 fully saturated rings. The predicted molar refractivity (Wildman–Crippen MR) is 116 cm³/mol. The van der Waals surface area contributed by atoms with Crippen molar-refractivity contribution in [3.63, 3.8) is 0 Å². The maximum Gasteiger partial charge on any atom is 0.257 e. The first-order chi connectivity index (χ1) is 14.8. The molecule has 3 aromatic rings. The smallest absolute Gasteiger partial charge is 0.257 e. The number of aromatic nitrogens is 4. The van der Waals surface area contributed by atoms with Crippen molar-refractivity contribution < 1.29 is 9.32 Å². The normalized spacial score (nSPS) is 23.9. The fourth-order valence-corrected chi connectivity index (χ4v) is 5.24. The van der Waals surface area contributed by atoms with E-state index < -0.39 is 0 Å². The molecule has 1 amide bonds. The summed E-state index contributed by atoms with van der Waals surface area (Å²) in [5.41, 5.74) is 3.45. The van der Waals surface area contributed by atoms with Crippen LogP contribution in [0, 0.1) is 19.3 Å². The molecule has 8 nitrogen and oxygen atoms in total. The lowest BCUT2D eigenvalue weighted by atomic mass is 9.77. The Hall–Kier alpha value is -3.00. The number of aryl methyl sites for hydroxylation is 3. The van der Waals surface area contributed by atoms with Crippen LogP contribution in [0.2, 0.25) is 0 Å². The molecule has 162 valence electrons. The van der Waals surface area contributed by atoms with Crippen molar-refractivity contribution in [2.24, 2.45) is 12.5 Å². The molecular weight excluding hydrogens is 392 g/mol. The summed E-state index contributed by atoms with van der Waals surface area (Å²) in [5.74, 6) is 1.28. The third-order valence-electron chi connectivity index (χ3n) is 6.77. The molecule has 5 rings (SSSR count). The van der Waals surface area contributed by atoms with E-state index in [1.165, 1.54) is 0 Å². The minimum absolute atomic E-state index is 0.0180. The molecule has 0 bridgehead atoms. The maximum absolute atomic E-state index is 13.3. The summed E-state index contributed by atoms with van der Waals surface area (Å²) in [4.78, 5) is 22.4. The van der Waals surface area contributed by atoms with Crippen LogP contribution >= 0.6 is 0 Å². The van der Waals surface area contributed by atoms with Gasteiger partial charge in [-0.25, -0.2) is 0 Å². The van der Waals surface area contributed by atoms with Crippen molar-refractivity contribution >= 4 is 5.91 Å². The van der Waals surface area contributed by atoms with Crippen LogP contribution in [0.25, 0.3) is 11.4 Å². The van der Waals surface area contributed by atoms with E-state index in [-0.39, 0.29) is 17.2 Å². The Morgan fingerprint density at radius 2 is 2.06 bits per heavy atom. The summed E-state index contributed by atoms with van der Waals surface area (Å²) >= 11 is 0. The highest BCUT2D eigenvalue weighted by molar-refractivity contribution is 5.95. The van der Waals surface area contributed by atoms with E-state index in [1.54, 1.807) is 10.9 Å². The Balaban J connectivity index is 1.47. The van der Waals surface area contributed by atoms with Crippen LogP contribution in [0.5, 0.6) is 0 Å². The van der Waals surface area contributed by atoms with E-state index in [4.69, 9.17) is 9.51 Å². The minimum Gasteiger partial charge on any atom is -0.339 e. The van der Waals surface area contributed by atoms with Crippen molar-refractivity contribution in [2.75, 3.05) is 33.2 Å². The van der Waals surface area contributed by atoms with Gasteiger partial charge in [0.05, 0.1) is 17.2 Å². The number of rotatable bonds is 3. The Bertz CT molecular complexity index is 1130. The van der Waals surface area contributed by atoms with Gasteiger partial charge in [0.2, 0.25) is 11.7 Å². The summed E-state index contributed by atoms with van der Waals surface area (Å²) in [6, 6.07) is 8.11. The Kier molecular flexibility index (Phi) is 4.69. The number of amides is 1. The summed E-state index contributed by atoms with van der Waals surface area (Å²) < 4.78 is 7.49. The zero-order valence-electron chi connectivity index (χ0n) is 18.5. The van der Waals surface area contributed by atoms with Crippen LogP contribution < -0.4 is 0 Å². The summed E-state index contributed by atoms with van der Waals surface area (Å²) in [6.07, 6.45) is 2.81. The number of nitrogens with zero attached hydrogens (tertiary/aromatic N) is 6. The fraction of sp³-hybridized carbons (Fsp3) is 0.478. The van der Waals surface area contributed by atoms with Crippen LogP contribution in [0.15, 0.2) is 35.0 Å². The second-order valence-corrected chi connectivity index (χ2v) is 9.22. The second-order valence-electron chi connectivity index (χ2n) is 9.22. The van der Waals surface area contributed by atoms with Gasteiger partial charge in [-0.3, -0.25) is 9.48 Å². The molecular formula is C23H28N6O2. The average Bonchev–Trinajstić information content (AvgIpc) is 3.49. The van der Waals surface area contributed by atoms with Crippen molar-refractivity contribution in [3.05, 3.63) is 53.2 Å². The van der Waals surface area contributed by atoms with Crippen LogP contribution in [0.1, 0.15) is 39.8 Å². The molecule has 2 aliphatic rings. The number of carbonyl (C=O) groups is 1. The Labute approximate surface area is 181 Å². The first-order valence-corrected chi connectivity index (χ1v) is 10.7. The van der Waals surface area contributed by atoms with Gasteiger partial charge in [-0.1, -0.05) is 28.9 Å². The molecule has 31 heavy (non-hydrogen) atoms. The van der Waals surface area contributed by atoms with Crippen molar-refractivity contribution in [2.45, 2.75) is 26.2 Å². The van der Waals surface area contributed by atoms with Crippen LogP contribution in [0.4, 0.5) is 0 Å². The molecule has 0 saturated carbocycles. The molecule has 0 N–H and O–H groups in total. The average molecular weight is 421 g/mol. The standard InChI is InChI=1S/C23H28N6O2/c1-15-6-5-7-17(10-15)20-24-21(31-26-20)19-12-29(14-23(19)8-9-27(3)13-23)22(30)18-11-28(4)25-16(18)2/h5-7,10-11,19H,8-9,12-14H2,1-4H3/t19-,23-/m0/s1. The topological polar surface area (TPSA) is 80.3 Å². The molecule has 2 aromatic heterocycles. The lowest BCUT2D eigenvalue weighted by Crippen LogP contribution is -2.34. The molecule has 1 aromatic carbocycles. The highest BCUT2D eigenvalue weighted by Crippen LogP contribution is 2.48. The SMILES string of the molecule is Cc1cccc(-c2noc([C@@H]3CN(C(=O)c4cn(C)nc4C)C[C@@]34CCN(C)C4)n2)c1. The molecule has 2 aliphatic heterocycles. The zero-order valence-corrected chi connectivity index (χ0v) is 18.5. The molecule has 1 spiro atoms. The largest absolute Gasteiger partial charge is 0.339 e. The quantitative estimate of drug-likeness (QED) is 0.648. The first kappa shape index (κ1) is 19.9. The molecule has 2 atom stereocenters. The highest BCUT2D eigenvalue weighted by Gasteiger charge is 2.53. The van der Waals surface area contributed by atoms with Crippen molar-refractivity contribution in [1.82, 2.24) is 29.7 Å². The molecule has 2 saturated heterocycles. The van der Waals surface area contributed by atoms with Crippen LogP contribution in [-0.4, -0.2) is 68.9 Å². The molecule has 4 heterocycles. The lowest BCUT2D eigenvalue weighted by Gasteiger charge is -2.27. The summed E-state index contributed by atoms with van der Waals surface area (Å²) in [5, 5.41) is 8.62. The number of benzene rings is 1. The molecule has 0 aliphatic carbocycles. The number of hydrogen-bond acceptors (Lipinski definition) is 6. The van der Waals surface area contributed by atoms with E-state index >= 15 is 0 Å². The first-order valence-electron chi connectivity index (χ1n) is 10.7. The fourth-order valence-electron chi connectivity index (χ4n) is 5.24. The monoisotopic (exact) mass is 420 g/mol. The van der Waals surface area contributed by atoms with Gasteiger partial charge in [0, 0.05) is 43.9 Å². The van der Waals surface area contributed by atoms with Crippen LogP contribution in [0.3, 0.4) is 0 Å². The predicted octanol–water partition coefficient (Wildman–Crippen LogP) is 2.65. The van der Waals surface area contributed by atoms with Gasteiger partial charge in [0.25, 0.3) is 5.91 Å². The summed E-state index contributed by atoms with van der Waals surface area (Å²) in [7, 11) is 3.97. The van der Waals surface area contributed by atoms with E-state index in [0.29, 0.717) is 30.4 Å². The number of hydrogen-bond donors (Lipinski definition) is 0. The van der Waals surface area contributed by atoms with E-state index in [1.807, 2.05) is 31.0 Å². The van der Waals surface area contributed by atoms with Gasteiger partial charge in [-0.2, -0.15) is 10.1 Å². The summed E-state index contributed by atoms with van der Waals surface area (Å²) in [6.45, 7) is 7.12.